The molecule has 6 nitrogen and oxygen atoms in total. The summed E-state index contributed by atoms with van der Waals surface area (Å²) < 4.78 is 10.2. The van der Waals surface area contributed by atoms with Crippen molar-refractivity contribution in [1.29, 1.82) is 0 Å². The molecule has 26 heavy (non-hydrogen) atoms. The van der Waals surface area contributed by atoms with E-state index in [0.717, 1.165) is 11.3 Å². The predicted octanol–water partition coefficient (Wildman–Crippen LogP) is 3.98. The number of nitrogens with zero attached hydrogens (tertiary/aromatic N) is 1. The van der Waals surface area contributed by atoms with Crippen molar-refractivity contribution in [1.82, 2.24) is 4.98 Å². The summed E-state index contributed by atoms with van der Waals surface area (Å²) in [6.07, 6.45) is 4.15. The Bertz CT molecular complexity index is 807. The molecule has 0 radical (unpaired) electrons. The second-order valence-corrected chi connectivity index (χ2v) is 5.82. The molecule has 1 N–H and O–H groups in total. The predicted molar refractivity (Wildman–Crippen MR) is 100 cm³/mol. The van der Waals surface area contributed by atoms with Crippen molar-refractivity contribution < 1.29 is 19.1 Å². The highest BCUT2D eigenvalue weighted by molar-refractivity contribution is 6.36. The number of esters is 1. The number of amides is 1. The zero-order chi connectivity index (χ0) is 18.9. The molecule has 0 bridgehead atoms. The van der Waals surface area contributed by atoms with Crippen molar-refractivity contribution in [3.05, 3.63) is 58.2 Å². The van der Waals surface area contributed by atoms with Gasteiger partial charge in [0, 0.05) is 12.3 Å². The lowest BCUT2D eigenvalue weighted by atomic mass is 10.2. The van der Waals surface area contributed by atoms with Crippen LogP contribution in [-0.4, -0.2) is 30.1 Å². The second-order valence-electron chi connectivity index (χ2n) is 4.98. The fourth-order valence-electron chi connectivity index (χ4n) is 1.87. The Morgan fingerprint density at radius 3 is 2.62 bits per heavy atom. The summed E-state index contributed by atoms with van der Waals surface area (Å²) in [7, 11) is 0. The van der Waals surface area contributed by atoms with E-state index in [1.165, 1.54) is 18.3 Å². The lowest BCUT2D eigenvalue weighted by Crippen LogP contribution is -2.20. The van der Waals surface area contributed by atoms with Crippen LogP contribution in [0.2, 0.25) is 10.0 Å². The van der Waals surface area contributed by atoms with Crippen molar-refractivity contribution in [2.75, 3.05) is 18.5 Å². The van der Waals surface area contributed by atoms with Crippen LogP contribution in [0.25, 0.3) is 6.08 Å². The topological polar surface area (TPSA) is 77.5 Å². The van der Waals surface area contributed by atoms with Crippen LogP contribution < -0.4 is 10.1 Å². The van der Waals surface area contributed by atoms with Crippen molar-refractivity contribution >= 4 is 47.0 Å². The van der Waals surface area contributed by atoms with E-state index in [0.29, 0.717) is 11.6 Å². The van der Waals surface area contributed by atoms with Gasteiger partial charge in [-0.1, -0.05) is 35.3 Å². The van der Waals surface area contributed by atoms with E-state index in [2.05, 4.69) is 10.3 Å². The number of hydrogen-bond donors (Lipinski definition) is 1. The van der Waals surface area contributed by atoms with Crippen LogP contribution in [0.3, 0.4) is 0 Å². The molecule has 2 rings (SSSR count). The van der Waals surface area contributed by atoms with E-state index in [-0.39, 0.29) is 10.8 Å². The number of anilines is 1. The maximum absolute atomic E-state index is 11.8. The fraction of sp³-hybridized carbons (Fsp3) is 0.167. The van der Waals surface area contributed by atoms with E-state index >= 15 is 0 Å². The van der Waals surface area contributed by atoms with Crippen LogP contribution in [-0.2, 0) is 14.3 Å². The molecular weight excluding hydrogens is 379 g/mol. The van der Waals surface area contributed by atoms with E-state index < -0.39 is 18.5 Å². The second kappa shape index (κ2) is 9.79. The first-order valence-electron chi connectivity index (χ1n) is 7.66. The van der Waals surface area contributed by atoms with Crippen LogP contribution in [0.15, 0.2) is 42.6 Å². The van der Waals surface area contributed by atoms with Gasteiger partial charge in [0.1, 0.15) is 5.75 Å². The molecule has 0 aliphatic rings. The minimum atomic E-state index is -0.649. The molecule has 2 aromatic rings. The minimum absolute atomic E-state index is 0.141. The number of benzene rings is 1. The number of halogens is 2. The monoisotopic (exact) mass is 394 g/mol. The summed E-state index contributed by atoms with van der Waals surface area (Å²) in [5, 5.41) is 2.96. The Balaban J connectivity index is 1.81. The first kappa shape index (κ1) is 19.8. The smallest absolute Gasteiger partial charge is 0.331 e. The van der Waals surface area contributed by atoms with Gasteiger partial charge < -0.3 is 14.8 Å². The highest BCUT2D eigenvalue weighted by Crippen LogP contribution is 2.22. The Kier molecular flexibility index (Phi) is 7.44. The van der Waals surface area contributed by atoms with Crippen LogP contribution in [0.5, 0.6) is 5.75 Å². The molecule has 1 amide bonds. The lowest BCUT2D eigenvalue weighted by molar-refractivity contribution is -0.142. The van der Waals surface area contributed by atoms with Gasteiger partial charge >= 0.3 is 5.97 Å². The van der Waals surface area contributed by atoms with Crippen LogP contribution in [0, 0.1) is 0 Å². The Hall–Kier alpha value is -2.57. The van der Waals surface area contributed by atoms with E-state index in [4.69, 9.17) is 32.7 Å². The average Bonchev–Trinajstić information content (AvgIpc) is 2.62. The first-order valence-corrected chi connectivity index (χ1v) is 8.42. The summed E-state index contributed by atoms with van der Waals surface area (Å²) in [5.41, 5.74) is 0.798. The molecule has 0 saturated carbocycles. The highest BCUT2D eigenvalue weighted by Gasteiger charge is 2.09. The minimum Gasteiger partial charge on any atom is -0.494 e. The average molecular weight is 395 g/mol. The Morgan fingerprint density at radius 2 is 1.96 bits per heavy atom. The first-order chi connectivity index (χ1) is 12.5. The third kappa shape index (κ3) is 6.38. The van der Waals surface area contributed by atoms with Crippen molar-refractivity contribution in [2.24, 2.45) is 0 Å². The van der Waals surface area contributed by atoms with E-state index in [1.54, 1.807) is 30.3 Å². The van der Waals surface area contributed by atoms with Crippen LogP contribution in [0.1, 0.15) is 12.5 Å². The van der Waals surface area contributed by atoms with Gasteiger partial charge in [0.25, 0.3) is 5.91 Å². The van der Waals surface area contributed by atoms with Gasteiger partial charge in [0.05, 0.1) is 16.7 Å². The van der Waals surface area contributed by atoms with Gasteiger partial charge in [0.15, 0.2) is 12.4 Å². The quantitative estimate of drug-likeness (QED) is 0.567. The summed E-state index contributed by atoms with van der Waals surface area (Å²) in [6.45, 7) is 2.02. The molecule has 0 aliphatic heterocycles. The molecule has 0 spiro atoms. The molecule has 8 heteroatoms. The van der Waals surface area contributed by atoms with Gasteiger partial charge in [-0.3, -0.25) is 4.79 Å². The molecule has 1 heterocycles. The zero-order valence-corrected chi connectivity index (χ0v) is 15.4. The van der Waals surface area contributed by atoms with Gasteiger partial charge in [0.2, 0.25) is 0 Å². The van der Waals surface area contributed by atoms with E-state index in [1.807, 2.05) is 6.92 Å². The van der Waals surface area contributed by atoms with Gasteiger partial charge in [-0.05, 0) is 36.8 Å². The van der Waals surface area contributed by atoms with Gasteiger partial charge in [-0.25, -0.2) is 9.78 Å². The molecule has 0 unspecified atom stereocenters. The number of aromatic nitrogens is 1. The summed E-state index contributed by atoms with van der Waals surface area (Å²) >= 11 is 11.6. The molecule has 0 atom stereocenters. The summed E-state index contributed by atoms with van der Waals surface area (Å²) in [4.78, 5) is 27.3. The third-order valence-corrected chi connectivity index (χ3v) is 3.51. The highest BCUT2D eigenvalue weighted by atomic mass is 35.5. The van der Waals surface area contributed by atoms with Gasteiger partial charge in [-0.15, -0.1) is 0 Å². The number of rotatable bonds is 7. The largest absolute Gasteiger partial charge is 0.494 e. The Morgan fingerprint density at radius 1 is 1.23 bits per heavy atom. The number of carbonyl (C=O) groups is 2. The third-order valence-electron chi connectivity index (χ3n) is 3.01. The number of ether oxygens (including phenoxy) is 2. The molecule has 0 aliphatic carbocycles. The van der Waals surface area contributed by atoms with Crippen molar-refractivity contribution in [3.63, 3.8) is 0 Å². The molecule has 1 aromatic heterocycles. The van der Waals surface area contributed by atoms with Crippen LogP contribution in [0.4, 0.5) is 5.82 Å². The zero-order valence-electron chi connectivity index (χ0n) is 13.9. The molecule has 0 saturated heterocycles. The summed E-state index contributed by atoms with van der Waals surface area (Å²) in [5.74, 6) is -0.325. The van der Waals surface area contributed by atoms with Crippen LogP contribution >= 0.6 is 23.2 Å². The summed E-state index contributed by atoms with van der Waals surface area (Å²) in [6, 6.07) is 8.64. The fourth-order valence-corrected chi connectivity index (χ4v) is 2.29. The normalized spacial score (nSPS) is 10.6. The van der Waals surface area contributed by atoms with Gasteiger partial charge in [-0.2, -0.15) is 0 Å². The van der Waals surface area contributed by atoms with E-state index in [9.17, 15) is 9.59 Å². The molecular formula is C18H16Cl2N2O4. The number of pyridine rings is 1. The number of nitrogens with one attached hydrogen (secondary N) is 1. The Labute approximate surface area is 160 Å². The van der Waals surface area contributed by atoms with Crippen molar-refractivity contribution in [3.8, 4) is 5.75 Å². The molecule has 1 aromatic carbocycles. The van der Waals surface area contributed by atoms with Crippen molar-refractivity contribution in [2.45, 2.75) is 6.92 Å². The molecule has 0 fully saturated rings. The maximum atomic E-state index is 11.8. The SMILES string of the molecule is CCOc1ccc(/C=C/C(=O)OCC(=O)Nc2ncc(Cl)cc2Cl)cc1. The number of hydrogen-bond acceptors (Lipinski definition) is 5. The maximum Gasteiger partial charge on any atom is 0.331 e. The standard InChI is InChI=1S/C18H16Cl2N2O4/c1-2-25-14-6-3-12(4-7-14)5-8-17(24)26-11-16(23)22-18-15(20)9-13(19)10-21-18/h3-10H,2,11H2,1H3,(H,21,22,23)/b8-5+. The lowest BCUT2D eigenvalue weighted by Gasteiger charge is -2.06. The number of carbonyl (C=O) groups excluding carboxylic acids is 2. The molecule has 136 valence electrons.